The van der Waals surface area contributed by atoms with Gasteiger partial charge in [0.05, 0.1) is 23.6 Å². The van der Waals surface area contributed by atoms with Gasteiger partial charge in [0.1, 0.15) is 0 Å². The highest BCUT2D eigenvalue weighted by Crippen LogP contribution is 2.23. The molecule has 1 fully saturated rings. The molecule has 7 nitrogen and oxygen atoms in total. The van der Waals surface area contributed by atoms with Crippen LogP contribution in [0.15, 0.2) is 57.9 Å². The number of anilines is 2. The average molecular weight is 482 g/mol. The van der Waals surface area contributed by atoms with Crippen molar-refractivity contribution in [2.75, 3.05) is 30.3 Å². The highest BCUT2D eigenvalue weighted by Gasteiger charge is 2.32. The quantitative estimate of drug-likeness (QED) is 0.660. The first-order valence-electron chi connectivity index (χ1n) is 9.29. The second-order valence-corrected chi connectivity index (χ2v) is 9.78. The van der Waals surface area contributed by atoms with Crippen LogP contribution in [0.1, 0.15) is 13.8 Å². The molecule has 0 saturated carbocycles. The van der Waals surface area contributed by atoms with Crippen molar-refractivity contribution in [2.24, 2.45) is 0 Å². The number of morpholine rings is 1. The number of nitrogens with zero attached hydrogens (tertiary/aromatic N) is 1. The van der Waals surface area contributed by atoms with Gasteiger partial charge in [-0.15, -0.1) is 0 Å². The highest BCUT2D eigenvalue weighted by molar-refractivity contribution is 9.10. The second-order valence-electron chi connectivity index (χ2n) is 6.99. The topological polar surface area (TPSA) is 87.7 Å². The van der Waals surface area contributed by atoms with Crippen LogP contribution < -0.4 is 10.6 Å². The third kappa shape index (κ3) is 5.57. The van der Waals surface area contributed by atoms with Crippen molar-refractivity contribution in [3.8, 4) is 0 Å². The molecule has 156 valence electrons. The second kappa shape index (κ2) is 9.25. The SMILES string of the molecule is C[C@@H]1CN(S(=O)(=O)c2ccc(NC(=O)CNc3ccccc3Br)cc2)C[C@@H](C)O1. The molecule has 2 aromatic carbocycles. The van der Waals surface area contributed by atoms with Crippen LogP contribution in [-0.2, 0) is 19.6 Å². The first-order chi connectivity index (χ1) is 13.8. The number of rotatable bonds is 6. The number of nitrogens with one attached hydrogen (secondary N) is 2. The van der Waals surface area contributed by atoms with Crippen LogP contribution in [0.5, 0.6) is 0 Å². The zero-order valence-electron chi connectivity index (χ0n) is 16.3. The summed E-state index contributed by atoms with van der Waals surface area (Å²) in [4.78, 5) is 12.4. The molecule has 0 spiro atoms. The summed E-state index contributed by atoms with van der Waals surface area (Å²) >= 11 is 3.42. The maximum absolute atomic E-state index is 12.9. The van der Waals surface area contributed by atoms with Crippen LogP contribution in [-0.4, -0.2) is 50.5 Å². The molecule has 3 rings (SSSR count). The van der Waals surface area contributed by atoms with Crippen LogP contribution >= 0.6 is 15.9 Å². The number of benzene rings is 2. The molecule has 1 saturated heterocycles. The lowest BCUT2D eigenvalue weighted by Crippen LogP contribution is -2.48. The van der Waals surface area contributed by atoms with E-state index in [0.717, 1.165) is 10.2 Å². The predicted octanol–water partition coefficient (Wildman–Crippen LogP) is 3.30. The Morgan fingerprint density at radius 1 is 1.10 bits per heavy atom. The van der Waals surface area contributed by atoms with Gasteiger partial charge >= 0.3 is 0 Å². The van der Waals surface area contributed by atoms with Crippen molar-refractivity contribution in [1.82, 2.24) is 4.31 Å². The van der Waals surface area contributed by atoms with E-state index < -0.39 is 10.0 Å². The molecular weight excluding hydrogens is 458 g/mol. The lowest BCUT2D eigenvalue weighted by atomic mass is 10.3. The number of carbonyl (C=O) groups excluding carboxylic acids is 1. The molecular formula is C20H24BrN3O4S. The van der Waals surface area contributed by atoms with E-state index in [1.54, 1.807) is 12.1 Å². The number of halogens is 1. The van der Waals surface area contributed by atoms with Gasteiger partial charge in [-0.2, -0.15) is 4.31 Å². The molecule has 1 aliphatic heterocycles. The lowest BCUT2D eigenvalue weighted by molar-refractivity contribution is -0.114. The minimum Gasteiger partial charge on any atom is -0.375 e. The summed E-state index contributed by atoms with van der Waals surface area (Å²) in [6.07, 6.45) is -0.298. The fourth-order valence-electron chi connectivity index (χ4n) is 3.17. The van der Waals surface area contributed by atoms with Crippen molar-refractivity contribution < 1.29 is 17.9 Å². The Bertz CT molecular complexity index is 956. The molecule has 1 amide bonds. The van der Waals surface area contributed by atoms with Gasteiger partial charge in [-0.25, -0.2) is 8.42 Å². The molecule has 2 atom stereocenters. The van der Waals surface area contributed by atoms with Gasteiger partial charge in [0.2, 0.25) is 15.9 Å². The maximum atomic E-state index is 12.9. The van der Waals surface area contributed by atoms with E-state index >= 15 is 0 Å². The molecule has 0 bridgehead atoms. The fraction of sp³-hybridized carbons (Fsp3) is 0.350. The smallest absolute Gasteiger partial charge is 0.243 e. The number of hydrogen-bond acceptors (Lipinski definition) is 5. The number of carbonyl (C=O) groups is 1. The monoisotopic (exact) mass is 481 g/mol. The van der Waals surface area contributed by atoms with Crippen LogP contribution in [0.25, 0.3) is 0 Å². The standard InChI is InChI=1S/C20H24BrN3O4S/c1-14-12-24(13-15(2)28-14)29(26,27)17-9-7-16(8-10-17)23-20(25)11-22-19-6-4-3-5-18(19)21/h3-10,14-15,22H,11-13H2,1-2H3,(H,23,25)/t14-,15-/m1/s1. The van der Waals surface area contributed by atoms with Gasteiger partial charge in [0.25, 0.3) is 0 Å². The Morgan fingerprint density at radius 3 is 2.34 bits per heavy atom. The first kappa shape index (κ1) is 21.8. The number of amides is 1. The van der Waals surface area contributed by atoms with E-state index in [9.17, 15) is 13.2 Å². The third-order valence-corrected chi connectivity index (χ3v) is 7.01. The molecule has 0 radical (unpaired) electrons. The highest BCUT2D eigenvalue weighted by atomic mass is 79.9. The average Bonchev–Trinajstić information content (AvgIpc) is 2.67. The molecule has 9 heteroatoms. The van der Waals surface area contributed by atoms with Crippen molar-refractivity contribution in [3.05, 3.63) is 53.0 Å². The minimum atomic E-state index is -3.60. The Kier molecular flexibility index (Phi) is 6.94. The van der Waals surface area contributed by atoms with E-state index in [4.69, 9.17) is 4.74 Å². The summed E-state index contributed by atoms with van der Waals surface area (Å²) in [5.74, 6) is -0.229. The van der Waals surface area contributed by atoms with E-state index in [2.05, 4.69) is 26.6 Å². The van der Waals surface area contributed by atoms with Crippen LogP contribution in [0.2, 0.25) is 0 Å². The molecule has 1 heterocycles. The zero-order chi connectivity index (χ0) is 21.0. The van der Waals surface area contributed by atoms with Crippen LogP contribution in [0.3, 0.4) is 0 Å². The maximum Gasteiger partial charge on any atom is 0.243 e. The van der Waals surface area contributed by atoms with Gasteiger partial charge in [-0.1, -0.05) is 12.1 Å². The summed E-state index contributed by atoms with van der Waals surface area (Å²) in [5, 5.41) is 5.81. The number of ether oxygens (including phenoxy) is 1. The number of para-hydroxylation sites is 1. The summed E-state index contributed by atoms with van der Waals surface area (Å²) < 4.78 is 33.7. The van der Waals surface area contributed by atoms with Crippen LogP contribution in [0, 0.1) is 0 Å². The Hall–Kier alpha value is -1.94. The summed E-state index contributed by atoms with van der Waals surface area (Å²) in [5.41, 5.74) is 1.35. The molecule has 0 aromatic heterocycles. The van der Waals surface area contributed by atoms with Gasteiger partial charge < -0.3 is 15.4 Å². The first-order valence-corrected chi connectivity index (χ1v) is 11.5. The summed E-state index contributed by atoms with van der Waals surface area (Å²) in [6, 6.07) is 13.7. The minimum absolute atomic E-state index is 0.0895. The molecule has 1 aliphatic rings. The Morgan fingerprint density at radius 2 is 1.72 bits per heavy atom. The van der Waals surface area contributed by atoms with Gasteiger partial charge in [-0.05, 0) is 66.2 Å². The van der Waals surface area contributed by atoms with Crippen LogP contribution in [0.4, 0.5) is 11.4 Å². The zero-order valence-corrected chi connectivity index (χ0v) is 18.7. The molecule has 2 N–H and O–H groups in total. The summed E-state index contributed by atoms with van der Waals surface area (Å²) in [6.45, 7) is 4.46. The van der Waals surface area contributed by atoms with E-state index in [-0.39, 0.29) is 29.6 Å². The molecule has 0 unspecified atom stereocenters. The van der Waals surface area contributed by atoms with E-state index in [1.165, 1.54) is 16.4 Å². The fourth-order valence-corrected chi connectivity index (χ4v) is 5.19. The summed E-state index contributed by atoms with van der Waals surface area (Å²) in [7, 11) is -3.60. The Balaban J connectivity index is 1.61. The largest absolute Gasteiger partial charge is 0.375 e. The third-order valence-electron chi connectivity index (χ3n) is 4.48. The predicted molar refractivity (Wildman–Crippen MR) is 116 cm³/mol. The number of sulfonamides is 1. The van der Waals surface area contributed by atoms with E-state index in [1.807, 2.05) is 38.1 Å². The van der Waals surface area contributed by atoms with Crippen molar-refractivity contribution in [3.63, 3.8) is 0 Å². The normalized spacial score (nSPS) is 20.2. The molecule has 29 heavy (non-hydrogen) atoms. The van der Waals surface area contributed by atoms with Gasteiger partial charge in [-0.3, -0.25) is 4.79 Å². The van der Waals surface area contributed by atoms with Gasteiger partial charge in [0, 0.05) is 28.9 Å². The van der Waals surface area contributed by atoms with Gasteiger partial charge in [0.15, 0.2) is 0 Å². The Labute approximate surface area is 179 Å². The van der Waals surface area contributed by atoms with Crippen molar-refractivity contribution >= 4 is 43.2 Å². The molecule has 2 aromatic rings. The van der Waals surface area contributed by atoms with Crippen molar-refractivity contribution in [1.29, 1.82) is 0 Å². The van der Waals surface area contributed by atoms with E-state index in [0.29, 0.717) is 18.8 Å². The molecule has 0 aliphatic carbocycles. The lowest BCUT2D eigenvalue weighted by Gasteiger charge is -2.34. The number of hydrogen-bond donors (Lipinski definition) is 2. The van der Waals surface area contributed by atoms with Crippen molar-refractivity contribution in [2.45, 2.75) is 31.0 Å².